The van der Waals surface area contributed by atoms with Crippen molar-refractivity contribution in [2.45, 2.75) is 83.3 Å². The van der Waals surface area contributed by atoms with Gasteiger partial charge >= 0.3 is 5.51 Å². The topological polar surface area (TPSA) is 161 Å². The van der Waals surface area contributed by atoms with Crippen molar-refractivity contribution in [2.75, 3.05) is 77.7 Å². The van der Waals surface area contributed by atoms with Gasteiger partial charge in [-0.15, -0.1) is 11.8 Å². The summed E-state index contributed by atoms with van der Waals surface area (Å²) in [6.45, 7) is 9.01. The van der Waals surface area contributed by atoms with E-state index in [2.05, 4.69) is 14.9 Å². The van der Waals surface area contributed by atoms with E-state index in [-0.39, 0.29) is 16.6 Å². The number of aromatic nitrogens is 1. The number of likely N-dealkylation sites (tertiary alicyclic amines) is 1. The zero-order valence-corrected chi connectivity index (χ0v) is 45.0. The second-order valence-corrected chi connectivity index (χ2v) is 25.8. The van der Waals surface area contributed by atoms with Gasteiger partial charge in [-0.1, -0.05) is 18.2 Å². The van der Waals surface area contributed by atoms with E-state index < -0.39 is 74.5 Å². The van der Waals surface area contributed by atoms with Crippen molar-refractivity contribution in [2.24, 2.45) is 0 Å². The van der Waals surface area contributed by atoms with Crippen LogP contribution in [0.3, 0.4) is 0 Å². The number of benzene rings is 5. The third-order valence-electron chi connectivity index (χ3n) is 13.5. The average Bonchev–Trinajstić information content (AvgIpc) is 3.69. The summed E-state index contributed by atoms with van der Waals surface area (Å²) < 4.78 is 158. The number of alkyl halides is 3. The first-order valence-corrected chi connectivity index (χ1v) is 30.2. The van der Waals surface area contributed by atoms with Crippen LogP contribution in [0.2, 0.25) is 0 Å². The van der Waals surface area contributed by atoms with Gasteiger partial charge in [0, 0.05) is 103 Å². The van der Waals surface area contributed by atoms with E-state index in [9.17, 15) is 47.9 Å². The molecule has 13 nitrogen and oxygen atoms in total. The number of anilines is 4. The van der Waals surface area contributed by atoms with Crippen molar-refractivity contribution in [3.8, 4) is 22.4 Å². The van der Waals surface area contributed by atoms with Crippen LogP contribution >= 0.6 is 11.8 Å². The van der Waals surface area contributed by atoms with Crippen LogP contribution in [-0.2, 0) is 29.7 Å². The molecular formula is C53H59F5N6O7S4. The fourth-order valence-electron chi connectivity index (χ4n) is 9.77. The zero-order valence-electron chi connectivity index (χ0n) is 41.7. The van der Waals surface area contributed by atoms with Crippen molar-refractivity contribution in [3.05, 3.63) is 133 Å². The van der Waals surface area contributed by atoms with Gasteiger partial charge in [0.15, 0.2) is 9.84 Å². The van der Waals surface area contributed by atoms with E-state index >= 15 is 4.39 Å². The fraction of sp³-hybridized carbons (Fsp3) is 0.358. The van der Waals surface area contributed by atoms with Crippen LogP contribution in [0.15, 0.2) is 135 Å². The van der Waals surface area contributed by atoms with Gasteiger partial charge in [0.05, 0.1) is 27.3 Å². The number of sulfone groups is 2. The van der Waals surface area contributed by atoms with Crippen LogP contribution in [0, 0.1) is 18.6 Å². The maximum Gasteiger partial charge on any atom is 0.501 e. The molecule has 2 aliphatic heterocycles. The van der Waals surface area contributed by atoms with Crippen molar-refractivity contribution in [3.63, 3.8) is 0 Å². The number of nitrogens with one attached hydrogen (secondary N) is 2. The maximum atomic E-state index is 15.7. The molecule has 1 aromatic heterocycles. The van der Waals surface area contributed by atoms with Crippen LogP contribution in [0.5, 0.6) is 0 Å². The molecule has 0 saturated carbocycles. The van der Waals surface area contributed by atoms with Crippen molar-refractivity contribution < 1.29 is 52.3 Å². The van der Waals surface area contributed by atoms with Gasteiger partial charge in [-0.2, -0.15) is 13.2 Å². The van der Waals surface area contributed by atoms with E-state index in [0.717, 1.165) is 23.3 Å². The van der Waals surface area contributed by atoms with Crippen LogP contribution < -0.4 is 19.8 Å². The maximum absolute atomic E-state index is 15.7. The highest BCUT2D eigenvalue weighted by molar-refractivity contribution is 7.99. The molecule has 0 aliphatic carbocycles. The summed E-state index contributed by atoms with van der Waals surface area (Å²) in [6, 6.07) is 27.6. The van der Waals surface area contributed by atoms with E-state index in [4.69, 9.17) is 0 Å². The number of sulfonamides is 1. The molecular weight excluding hydrogens is 1060 g/mol. The molecule has 2 saturated heterocycles. The number of nitrogens with zero attached hydrogens (tertiary/aromatic N) is 4. The Morgan fingerprint density at radius 3 is 1.96 bits per heavy atom. The predicted octanol–water partition coefficient (Wildman–Crippen LogP) is 10.2. The minimum absolute atomic E-state index is 0.0492. The number of thioether (sulfide) groups is 1. The number of hydrogen-bond acceptors (Lipinski definition) is 12. The van der Waals surface area contributed by atoms with E-state index in [0.29, 0.717) is 116 Å². The molecule has 0 unspecified atom stereocenters. The minimum atomic E-state index is -6.06. The van der Waals surface area contributed by atoms with Crippen LogP contribution in [0.4, 0.5) is 44.7 Å². The average molecular weight is 1120 g/mol. The summed E-state index contributed by atoms with van der Waals surface area (Å²) in [4.78, 5) is 5.13. The molecule has 2 fully saturated rings. The first-order chi connectivity index (χ1) is 35.4. The number of piperazine rings is 1. The number of aliphatic hydroxyl groups excluding tert-OH is 1. The van der Waals surface area contributed by atoms with Crippen molar-refractivity contribution in [1.82, 2.24) is 9.47 Å². The molecule has 1 atom stereocenters. The van der Waals surface area contributed by atoms with Gasteiger partial charge in [0.25, 0.3) is 19.9 Å². The smallest absolute Gasteiger partial charge is 0.393 e. The second kappa shape index (κ2) is 22.5. The van der Waals surface area contributed by atoms with Gasteiger partial charge in [-0.3, -0.25) is 4.72 Å². The van der Waals surface area contributed by atoms with E-state index in [1.54, 1.807) is 37.3 Å². The van der Waals surface area contributed by atoms with Gasteiger partial charge in [-0.05, 0) is 148 Å². The van der Waals surface area contributed by atoms with Gasteiger partial charge in [0.2, 0.25) is 0 Å². The van der Waals surface area contributed by atoms with Crippen molar-refractivity contribution in [1.29, 1.82) is 0 Å². The fourth-order valence-corrected chi connectivity index (χ4v) is 14.1. The molecule has 0 amide bonds. The molecule has 8 rings (SSSR count). The Morgan fingerprint density at radius 1 is 0.733 bits per heavy atom. The standard InChI is InChI=1S/C53H59F5N6O7S4/c1-35(2)64-36(3)52(73(4,66)67)50(51(64)37-10-12-39(54)13-11-37)38-30-40(55)32-44(31-38)63-28-26-62(27-29-63)43-16-14-41(15-17-43)60-75(70,71)47-18-19-48(49(33-47)74(68,69)53(56,57)58)59-42(34-72-46-8-6-5-7-9-46)20-23-61-24-21-45(65)22-25-61/h5-19,30-33,35,42,45,59-60,65H,20-29,34H2,1-4H3/t42-/m1/s1. The Morgan fingerprint density at radius 2 is 1.36 bits per heavy atom. The quantitative estimate of drug-likeness (QED) is 0.0553. The third kappa shape index (κ3) is 12.8. The summed E-state index contributed by atoms with van der Waals surface area (Å²) in [5.74, 6) is -0.704. The van der Waals surface area contributed by atoms with Crippen molar-refractivity contribution >= 4 is 64.2 Å². The zero-order chi connectivity index (χ0) is 54.0. The lowest BCUT2D eigenvalue weighted by Gasteiger charge is -2.37. The molecule has 22 heteroatoms. The second-order valence-electron chi connectivity index (χ2n) is 19.1. The van der Waals surface area contributed by atoms with Gasteiger partial charge in [-0.25, -0.2) is 34.0 Å². The van der Waals surface area contributed by atoms with Crippen LogP contribution in [0.1, 0.15) is 44.8 Å². The lowest BCUT2D eigenvalue weighted by molar-refractivity contribution is -0.0435. The SMILES string of the molecule is Cc1c(S(C)(=O)=O)c(-c2cc(F)cc(N3CCN(c4ccc(NS(=O)(=O)c5ccc(N[C@H](CCN6CCC(O)CC6)CSc6ccccc6)c(S(=O)(=O)C(F)(F)F)c5)cc4)CC3)c2)c(-c2ccc(F)cc2)n1C(C)C. The van der Waals surface area contributed by atoms with Gasteiger partial charge < -0.3 is 29.7 Å². The molecule has 0 radical (unpaired) electrons. The highest BCUT2D eigenvalue weighted by Gasteiger charge is 2.48. The van der Waals surface area contributed by atoms with Crippen LogP contribution in [-0.4, -0.2) is 115 Å². The molecule has 6 aromatic rings. The molecule has 5 aromatic carbocycles. The lowest BCUT2D eigenvalue weighted by Crippen LogP contribution is -2.46. The normalized spacial score (nSPS) is 15.9. The minimum Gasteiger partial charge on any atom is -0.393 e. The van der Waals surface area contributed by atoms with E-state index in [1.807, 2.05) is 58.5 Å². The largest absolute Gasteiger partial charge is 0.501 e. The molecule has 75 heavy (non-hydrogen) atoms. The molecule has 0 spiro atoms. The summed E-state index contributed by atoms with van der Waals surface area (Å²) in [5, 5.41) is 13.0. The Balaban J connectivity index is 0.986. The van der Waals surface area contributed by atoms with Crippen LogP contribution in [0.25, 0.3) is 22.4 Å². The first-order valence-electron chi connectivity index (χ1n) is 24.3. The van der Waals surface area contributed by atoms with E-state index in [1.165, 1.54) is 48.2 Å². The first kappa shape index (κ1) is 55.6. The predicted molar refractivity (Wildman–Crippen MR) is 286 cm³/mol. The number of aliphatic hydroxyl groups is 1. The Kier molecular flexibility index (Phi) is 16.7. The summed E-state index contributed by atoms with van der Waals surface area (Å²) in [5.41, 5.74) is -2.67. The highest BCUT2D eigenvalue weighted by atomic mass is 32.2. The number of piperidine rings is 1. The molecule has 402 valence electrons. The number of hydrogen-bond donors (Lipinski definition) is 3. The molecule has 0 bridgehead atoms. The third-order valence-corrected chi connectivity index (χ3v) is 18.8. The Labute approximate surface area is 439 Å². The molecule has 3 N–H and O–H groups in total. The Bertz CT molecular complexity index is 3330. The number of halogens is 5. The summed E-state index contributed by atoms with van der Waals surface area (Å²) >= 11 is 1.43. The summed E-state index contributed by atoms with van der Waals surface area (Å²) in [6.07, 6.45) is 2.28. The highest BCUT2D eigenvalue weighted by Crippen LogP contribution is 2.45. The Hall–Kier alpha value is -5.65. The molecule has 2 aliphatic rings. The molecule has 3 heterocycles. The number of rotatable bonds is 18. The summed E-state index contributed by atoms with van der Waals surface area (Å²) in [7, 11) is -14.6. The van der Waals surface area contributed by atoms with Gasteiger partial charge in [0.1, 0.15) is 16.5 Å². The lowest BCUT2D eigenvalue weighted by atomic mass is 9.99. The monoisotopic (exact) mass is 1110 g/mol.